The Bertz CT molecular complexity index is 246. The number of aldehydes is 1. The van der Waals surface area contributed by atoms with Crippen molar-refractivity contribution in [3.8, 4) is 0 Å². The van der Waals surface area contributed by atoms with Crippen molar-refractivity contribution >= 4 is 6.29 Å². The summed E-state index contributed by atoms with van der Waals surface area (Å²) in [6, 6.07) is 10.2. The Morgan fingerprint density at radius 3 is 2.62 bits per heavy atom. The average Bonchev–Trinajstić information content (AvgIpc) is 2.21. The first kappa shape index (κ1) is 9.93. The molecule has 0 saturated carbocycles. The quantitative estimate of drug-likeness (QED) is 0.689. The van der Waals surface area contributed by atoms with E-state index in [1.165, 1.54) is 5.56 Å². The van der Waals surface area contributed by atoms with Crippen molar-refractivity contribution in [3.63, 3.8) is 0 Å². The zero-order valence-electron chi connectivity index (χ0n) is 7.86. The van der Waals surface area contributed by atoms with E-state index < -0.39 is 0 Å². The summed E-state index contributed by atoms with van der Waals surface area (Å²) < 4.78 is 0. The molecule has 0 fully saturated rings. The van der Waals surface area contributed by atoms with Gasteiger partial charge in [-0.2, -0.15) is 0 Å². The van der Waals surface area contributed by atoms with Gasteiger partial charge in [-0.1, -0.05) is 30.3 Å². The standard InChI is InChI=1S/C11H15NO/c1-12-11(9-13)8-7-10-5-3-2-4-6-10/h2-6,9,11-12H,7-8H2,1H3/t11-/m1/s1. The van der Waals surface area contributed by atoms with Crippen LogP contribution in [-0.2, 0) is 11.2 Å². The molecule has 1 aromatic rings. The summed E-state index contributed by atoms with van der Waals surface area (Å²) >= 11 is 0. The zero-order valence-corrected chi connectivity index (χ0v) is 7.86. The van der Waals surface area contributed by atoms with Crippen LogP contribution in [0.3, 0.4) is 0 Å². The molecule has 0 saturated heterocycles. The summed E-state index contributed by atoms with van der Waals surface area (Å²) in [7, 11) is 1.81. The van der Waals surface area contributed by atoms with Crippen molar-refractivity contribution in [2.24, 2.45) is 0 Å². The molecule has 1 aromatic carbocycles. The highest BCUT2D eigenvalue weighted by atomic mass is 16.1. The number of rotatable bonds is 5. The summed E-state index contributed by atoms with van der Waals surface area (Å²) in [4.78, 5) is 10.5. The van der Waals surface area contributed by atoms with Crippen LogP contribution in [-0.4, -0.2) is 19.4 Å². The van der Waals surface area contributed by atoms with Gasteiger partial charge in [-0.25, -0.2) is 0 Å². The van der Waals surface area contributed by atoms with Gasteiger partial charge in [0.1, 0.15) is 6.29 Å². The van der Waals surface area contributed by atoms with E-state index in [4.69, 9.17) is 0 Å². The molecule has 1 atom stereocenters. The SMILES string of the molecule is CN[C@@H](C=O)CCc1ccccc1. The van der Waals surface area contributed by atoms with Gasteiger partial charge in [0.05, 0.1) is 6.04 Å². The van der Waals surface area contributed by atoms with Crippen LogP contribution in [0.1, 0.15) is 12.0 Å². The fourth-order valence-electron chi connectivity index (χ4n) is 1.25. The summed E-state index contributed by atoms with van der Waals surface area (Å²) in [6.07, 6.45) is 2.78. The number of hydrogen-bond donors (Lipinski definition) is 1. The number of likely N-dealkylation sites (N-methyl/N-ethyl adjacent to an activating group) is 1. The minimum Gasteiger partial charge on any atom is -0.311 e. The molecular formula is C11H15NO. The Morgan fingerprint density at radius 1 is 1.38 bits per heavy atom. The van der Waals surface area contributed by atoms with Crippen LogP contribution in [0.5, 0.6) is 0 Å². The van der Waals surface area contributed by atoms with Gasteiger partial charge in [-0.3, -0.25) is 0 Å². The second kappa shape index (κ2) is 5.49. The van der Waals surface area contributed by atoms with Gasteiger partial charge in [-0.15, -0.1) is 0 Å². The Balaban J connectivity index is 2.38. The molecule has 70 valence electrons. The highest BCUT2D eigenvalue weighted by Crippen LogP contribution is 2.03. The second-order valence-electron chi connectivity index (χ2n) is 3.06. The van der Waals surface area contributed by atoms with Crippen LogP contribution >= 0.6 is 0 Å². The number of nitrogens with one attached hydrogen (secondary N) is 1. The molecule has 0 unspecified atom stereocenters. The molecule has 0 aromatic heterocycles. The monoisotopic (exact) mass is 177 g/mol. The van der Waals surface area contributed by atoms with Crippen molar-refractivity contribution in [1.29, 1.82) is 0 Å². The Morgan fingerprint density at radius 2 is 2.08 bits per heavy atom. The minimum atomic E-state index is -0.0137. The van der Waals surface area contributed by atoms with Gasteiger partial charge in [0, 0.05) is 0 Å². The topological polar surface area (TPSA) is 29.1 Å². The second-order valence-corrected chi connectivity index (χ2v) is 3.06. The van der Waals surface area contributed by atoms with E-state index in [9.17, 15) is 4.79 Å². The van der Waals surface area contributed by atoms with Crippen LogP contribution < -0.4 is 5.32 Å². The van der Waals surface area contributed by atoms with Crippen molar-refractivity contribution in [3.05, 3.63) is 35.9 Å². The lowest BCUT2D eigenvalue weighted by Crippen LogP contribution is -2.26. The number of carbonyl (C=O) groups is 1. The summed E-state index contributed by atoms with van der Waals surface area (Å²) in [5, 5.41) is 2.95. The smallest absolute Gasteiger partial charge is 0.136 e. The molecule has 0 aliphatic rings. The number of hydrogen-bond acceptors (Lipinski definition) is 2. The first-order valence-corrected chi connectivity index (χ1v) is 4.53. The lowest BCUT2D eigenvalue weighted by atomic mass is 10.1. The van der Waals surface area contributed by atoms with Crippen LogP contribution in [0, 0.1) is 0 Å². The lowest BCUT2D eigenvalue weighted by Gasteiger charge is -2.07. The third-order valence-corrected chi connectivity index (χ3v) is 2.12. The Labute approximate surface area is 79.0 Å². The highest BCUT2D eigenvalue weighted by Gasteiger charge is 2.02. The predicted octanol–water partition coefficient (Wildman–Crippen LogP) is 1.41. The van der Waals surface area contributed by atoms with E-state index >= 15 is 0 Å². The average molecular weight is 177 g/mol. The van der Waals surface area contributed by atoms with E-state index in [0.29, 0.717) is 0 Å². The molecule has 1 N–H and O–H groups in total. The first-order chi connectivity index (χ1) is 6.36. The molecule has 13 heavy (non-hydrogen) atoms. The predicted molar refractivity (Wildman–Crippen MR) is 53.7 cm³/mol. The first-order valence-electron chi connectivity index (χ1n) is 4.53. The maximum Gasteiger partial charge on any atom is 0.136 e. The van der Waals surface area contributed by atoms with E-state index in [2.05, 4.69) is 17.4 Å². The van der Waals surface area contributed by atoms with Crippen molar-refractivity contribution in [1.82, 2.24) is 5.32 Å². The zero-order chi connectivity index (χ0) is 9.52. The van der Waals surface area contributed by atoms with Gasteiger partial charge in [0.25, 0.3) is 0 Å². The van der Waals surface area contributed by atoms with Crippen molar-refractivity contribution < 1.29 is 4.79 Å². The molecule has 0 bridgehead atoms. The van der Waals surface area contributed by atoms with Crippen LogP contribution in [0.25, 0.3) is 0 Å². The number of benzene rings is 1. The Hall–Kier alpha value is -1.15. The summed E-state index contributed by atoms with van der Waals surface area (Å²) in [5.74, 6) is 0. The van der Waals surface area contributed by atoms with Gasteiger partial charge in [0.2, 0.25) is 0 Å². The maximum absolute atomic E-state index is 10.5. The molecule has 0 radical (unpaired) electrons. The largest absolute Gasteiger partial charge is 0.311 e. The fourth-order valence-corrected chi connectivity index (χ4v) is 1.25. The number of aryl methyl sites for hydroxylation is 1. The minimum absolute atomic E-state index is 0.0137. The highest BCUT2D eigenvalue weighted by molar-refractivity contribution is 5.57. The molecule has 0 heterocycles. The molecule has 0 spiro atoms. The van der Waals surface area contributed by atoms with E-state index in [-0.39, 0.29) is 6.04 Å². The van der Waals surface area contributed by atoms with Crippen LogP contribution in [0.4, 0.5) is 0 Å². The molecule has 1 rings (SSSR count). The van der Waals surface area contributed by atoms with Gasteiger partial charge in [-0.05, 0) is 25.5 Å². The van der Waals surface area contributed by atoms with Gasteiger partial charge >= 0.3 is 0 Å². The van der Waals surface area contributed by atoms with Gasteiger partial charge in [0.15, 0.2) is 0 Å². The fraction of sp³-hybridized carbons (Fsp3) is 0.364. The molecular weight excluding hydrogens is 162 g/mol. The summed E-state index contributed by atoms with van der Waals surface area (Å²) in [5.41, 5.74) is 1.28. The normalized spacial score (nSPS) is 12.4. The van der Waals surface area contributed by atoms with Crippen molar-refractivity contribution in [2.75, 3.05) is 7.05 Å². The molecule has 0 amide bonds. The molecule has 2 nitrogen and oxygen atoms in total. The maximum atomic E-state index is 10.5. The number of carbonyl (C=O) groups excluding carboxylic acids is 1. The molecule has 2 heteroatoms. The van der Waals surface area contributed by atoms with Crippen LogP contribution in [0.2, 0.25) is 0 Å². The molecule has 0 aliphatic carbocycles. The summed E-state index contributed by atoms with van der Waals surface area (Å²) in [6.45, 7) is 0. The Kier molecular flexibility index (Phi) is 4.19. The van der Waals surface area contributed by atoms with Gasteiger partial charge < -0.3 is 10.1 Å². The van der Waals surface area contributed by atoms with E-state index in [0.717, 1.165) is 19.1 Å². The lowest BCUT2D eigenvalue weighted by molar-refractivity contribution is -0.109. The molecule has 0 aliphatic heterocycles. The van der Waals surface area contributed by atoms with E-state index in [1.54, 1.807) is 0 Å². The van der Waals surface area contributed by atoms with Crippen LogP contribution in [0.15, 0.2) is 30.3 Å². The third-order valence-electron chi connectivity index (χ3n) is 2.12. The third kappa shape index (κ3) is 3.38. The van der Waals surface area contributed by atoms with E-state index in [1.807, 2.05) is 25.2 Å². The van der Waals surface area contributed by atoms with Crippen molar-refractivity contribution in [2.45, 2.75) is 18.9 Å².